The fourth-order valence-electron chi connectivity index (χ4n) is 5.70. The number of amides is 1. The van der Waals surface area contributed by atoms with Crippen molar-refractivity contribution in [2.45, 2.75) is 44.6 Å². The molecule has 5 rings (SSSR count). The number of pyridine rings is 2. The summed E-state index contributed by atoms with van der Waals surface area (Å²) in [4.78, 5) is 20.9. The zero-order valence-corrected chi connectivity index (χ0v) is 19.9. The molecule has 0 aliphatic heterocycles. The zero-order valence-electron chi connectivity index (χ0n) is 19.9. The Morgan fingerprint density at radius 3 is 2.89 bits per heavy atom. The van der Waals surface area contributed by atoms with Crippen LogP contribution >= 0.6 is 0 Å². The molecule has 1 amide bonds. The third-order valence-electron chi connectivity index (χ3n) is 7.30. The van der Waals surface area contributed by atoms with Gasteiger partial charge in [0.25, 0.3) is 0 Å². The van der Waals surface area contributed by atoms with Crippen LogP contribution in [0, 0.1) is 17.7 Å². The number of ether oxygens (including phenoxy) is 1. The summed E-state index contributed by atoms with van der Waals surface area (Å²) in [7, 11) is 0. The number of rotatable bonds is 5. The number of carbonyl (C=O) groups is 1. The lowest BCUT2D eigenvalue weighted by Gasteiger charge is -2.44. The molecule has 6 heteroatoms. The molecule has 1 N–H and O–H groups in total. The molecule has 0 spiro atoms. The van der Waals surface area contributed by atoms with Gasteiger partial charge in [-0.1, -0.05) is 24.3 Å². The van der Waals surface area contributed by atoms with Gasteiger partial charge in [0.05, 0.1) is 12.3 Å². The summed E-state index contributed by atoms with van der Waals surface area (Å²) >= 11 is 0. The van der Waals surface area contributed by atoms with Crippen molar-refractivity contribution in [1.29, 1.82) is 0 Å². The summed E-state index contributed by atoms with van der Waals surface area (Å²) in [5.41, 5.74) is 5.21. The zero-order chi connectivity index (χ0) is 24.2. The Bertz CT molecular complexity index is 1210. The summed E-state index contributed by atoms with van der Waals surface area (Å²) in [5.74, 6) is 1.01. The summed E-state index contributed by atoms with van der Waals surface area (Å²) in [6.45, 7) is 2.20. The van der Waals surface area contributed by atoms with Crippen LogP contribution in [0.4, 0.5) is 9.18 Å². The molecule has 1 aromatic carbocycles. The second kappa shape index (κ2) is 10.4. The van der Waals surface area contributed by atoms with Crippen molar-refractivity contribution >= 4 is 12.2 Å². The van der Waals surface area contributed by atoms with Crippen LogP contribution in [0.15, 0.2) is 67.1 Å². The maximum Gasteiger partial charge on any atom is 0.407 e. The summed E-state index contributed by atoms with van der Waals surface area (Å²) < 4.78 is 18.7. The molecule has 4 atom stereocenters. The van der Waals surface area contributed by atoms with Gasteiger partial charge >= 0.3 is 6.09 Å². The first-order chi connectivity index (χ1) is 17.1. The van der Waals surface area contributed by atoms with Crippen LogP contribution < -0.4 is 5.32 Å². The molecule has 35 heavy (non-hydrogen) atoms. The number of halogens is 1. The number of hydrogen-bond donors (Lipinski definition) is 1. The van der Waals surface area contributed by atoms with Crippen molar-refractivity contribution in [1.82, 2.24) is 15.3 Å². The van der Waals surface area contributed by atoms with Crippen LogP contribution in [-0.2, 0) is 11.2 Å². The largest absolute Gasteiger partial charge is 0.450 e. The highest BCUT2D eigenvalue weighted by molar-refractivity contribution is 5.67. The molecular weight excluding hydrogens is 441 g/mol. The van der Waals surface area contributed by atoms with Crippen LogP contribution in [0.5, 0.6) is 0 Å². The van der Waals surface area contributed by atoms with Gasteiger partial charge in [0.2, 0.25) is 0 Å². The third-order valence-corrected chi connectivity index (χ3v) is 7.30. The molecule has 2 aliphatic carbocycles. The van der Waals surface area contributed by atoms with E-state index in [1.807, 2.05) is 37.5 Å². The predicted molar refractivity (Wildman–Crippen MR) is 134 cm³/mol. The van der Waals surface area contributed by atoms with Gasteiger partial charge in [-0.25, -0.2) is 9.18 Å². The molecule has 2 heterocycles. The summed E-state index contributed by atoms with van der Waals surface area (Å²) in [6.07, 6.45) is 13.6. The fraction of sp³-hybridized carbons (Fsp3) is 0.345. The van der Waals surface area contributed by atoms with Crippen molar-refractivity contribution in [3.8, 4) is 11.1 Å². The molecule has 2 aromatic heterocycles. The molecule has 1 saturated carbocycles. The quantitative estimate of drug-likeness (QED) is 0.484. The molecule has 0 unspecified atom stereocenters. The number of fused-ring (bicyclic) bond motifs is 2. The smallest absolute Gasteiger partial charge is 0.407 e. The average molecular weight is 472 g/mol. The Hall–Kier alpha value is -3.54. The standard InChI is InChI=1S/C29H30FN3O2/c1-2-35-29(34)33-25-9-10-26-21(16-25)14-22-17-31-13-12-27(22)28(26)11-8-24-7-6-20(18-32-24)19-4-3-5-23(30)15-19/h3-8,11-13,15,17-18,21,25-26,28H,2,9-10,14,16H2,1H3,(H,33,34)/b11-8+/t21-,25+,26-,28+/m1/s1. The minimum absolute atomic E-state index is 0.148. The van der Waals surface area contributed by atoms with E-state index in [0.717, 1.165) is 42.5 Å². The SMILES string of the molecule is CCOC(=O)N[C@H]1CC[C@@H]2[C@H](Cc3cnccc3[C@H]2/C=C/c2ccc(-c3cccc(F)c3)cn2)C1. The summed E-state index contributed by atoms with van der Waals surface area (Å²) in [5, 5.41) is 3.04. The molecule has 5 nitrogen and oxygen atoms in total. The molecule has 0 saturated heterocycles. The van der Waals surface area contributed by atoms with Crippen LogP contribution in [0.25, 0.3) is 17.2 Å². The lowest BCUT2D eigenvalue weighted by molar-refractivity contribution is 0.129. The number of carbonyl (C=O) groups excluding carboxylic acids is 1. The normalized spacial score (nSPS) is 23.4. The third kappa shape index (κ3) is 5.26. The Morgan fingerprint density at radius 1 is 1.17 bits per heavy atom. The number of benzene rings is 1. The predicted octanol–water partition coefficient (Wildman–Crippen LogP) is 6.17. The lowest BCUT2D eigenvalue weighted by atomic mass is 9.62. The van der Waals surface area contributed by atoms with E-state index < -0.39 is 0 Å². The molecular formula is C29H30FN3O2. The second-order valence-electron chi connectivity index (χ2n) is 9.44. The van der Waals surface area contributed by atoms with Crippen molar-refractivity contribution in [3.63, 3.8) is 0 Å². The van der Waals surface area contributed by atoms with Gasteiger partial charge in [0.1, 0.15) is 5.82 Å². The summed E-state index contributed by atoms with van der Waals surface area (Å²) in [6, 6.07) is 12.8. The Balaban J connectivity index is 1.34. The highest BCUT2D eigenvalue weighted by Crippen LogP contribution is 2.47. The molecule has 1 fully saturated rings. The van der Waals surface area contributed by atoms with Crippen molar-refractivity contribution < 1.29 is 13.9 Å². The van der Waals surface area contributed by atoms with Crippen LogP contribution in [0.3, 0.4) is 0 Å². The first-order valence-corrected chi connectivity index (χ1v) is 12.4. The number of hydrogen-bond acceptors (Lipinski definition) is 4. The topological polar surface area (TPSA) is 64.1 Å². The van der Waals surface area contributed by atoms with Gasteiger partial charge < -0.3 is 10.1 Å². The number of nitrogens with zero attached hydrogens (tertiary/aromatic N) is 2. The van der Waals surface area contributed by atoms with Crippen molar-refractivity contribution in [2.24, 2.45) is 11.8 Å². The van der Waals surface area contributed by atoms with E-state index in [1.54, 1.807) is 12.3 Å². The van der Waals surface area contributed by atoms with E-state index in [2.05, 4.69) is 33.5 Å². The maximum atomic E-state index is 13.6. The van der Waals surface area contributed by atoms with E-state index in [1.165, 1.54) is 23.3 Å². The van der Waals surface area contributed by atoms with Gasteiger partial charge in [0, 0.05) is 36.1 Å². The van der Waals surface area contributed by atoms with E-state index in [-0.39, 0.29) is 23.9 Å². The first kappa shape index (κ1) is 23.2. The van der Waals surface area contributed by atoms with Gasteiger partial charge in [-0.05, 0) is 91.5 Å². The van der Waals surface area contributed by atoms with Gasteiger partial charge in [-0.15, -0.1) is 0 Å². The van der Waals surface area contributed by atoms with E-state index in [0.29, 0.717) is 18.4 Å². The lowest BCUT2D eigenvalue weighted by Crippen LogP contribution is -2.44. The van der Waals surface area contributed by atoms with Gasteiger partial charge in [0.15, 0.2) is 0 Å². The van der Waals surface area contributed by atoms with Crippen molar-refractivity contribution in [2.75, 3.05) is 6.61 Å². The minimum Gasteiger partial charge on any atom is -0.450 e. The average Bonchev–Trinajstić information content (AvgIpc) is 2.87. The molecule has 0 bridgehead atoms. The number of alkyl carbamates (subject to hydrolysis) is 1. The van der Waals surface area contributed by atoms with Crippen LogP contribution in [0.1, 0.15) is 48.9 Å². The minimum atomic E-state index is -0.321. The van der Waals surface area contributed by atoms with Crippen LogP contribution in [0.2, 0.25) is 0 Å². The highest BCUT2D eigenvalue weighted by Gasteiger charge is 2.40. The number of nitrogens with one attached hydrogen (secondary N) is 1. The highest BCUT2D eigenvalue weighted by atomic mass is 19.1. The van der Waals surface area contributed by atoms with E-state index >= 15 is 0 Å². The monoisotopic (exact) mass is 471 g/mol. The molecule has 3 aromatic rings. The second-order valence-corrected chi connectivity index (χ2v) is 9.44. The number of aromatic nitrogens is 2. The van der Waals surface area contributed by atoms with Crippen LogP contribution in [-0.4, -0.2) is 28.7 Å². The first-order valence-electron chi connectivity index (χ1n) is 12.4. The Kier molecular flexibility index (Phi) is 6.89. The van der Waals surface area contributed by atoms with E-state index in [9.17, 15) is 9.18 Å². The number of allylic oxidation sites excluding steroid dienone is 1. The van der Waals surface area contributed by atoms with Crippen molar-refractivity contribution in [3.05, 3.63) is 89.8 Å². The fourth-order valence-corrected chi connectivity index (χ4v) is 5.70. The molecule has 0 radical (unpaired) electrons. The Morgan fingerprint density at radius 2 is 2.09 bits per heavy atom. The van der Waals surface area contributed by atoms with Gasteiger partial charge in [-0.2, -0.15) is 0 Å². The van der Waals surface area contributed by atoms with E-state index in [4.69, 9.17) is 4.74 Å². The maximum absolute atomic E-state index is 13.6. The van der Waals surface area contributed by atoms with Gasteiger partial charge in [-0.3, -0.25) is 9.97 Å². The molecule has 180 valence electrons. The Labute approximate surface area is 205 Å². The molecule has 2 aliphatic rings.